The molecule has 1 saturated carbocycles. The van der Waals surface area contributed by atoms with Gasteiger partial charge in [-0.3, -0.25) is 9.36 Å². The number of aliphatic hydroxyl groups is 1. The van der Waals surface area contributed by atoms with Gasteiger partial charge in [-0.1, -0.05) is 36.5 Å². The predicted molar refractivity (Wildman–Crippen MR) is 139 cm³/mol. The average molecular weight is 531 g/mol. The van der Waals surface area contributed by atoms with Crippen LogP contribution in [0.25, 0.3) is 11.2 Å². The Morgan fingerprint density at radius 3 is 2.67 bits per heavy atom. The van der Waals surface area contributed by atoms with Gasteiger partial charge in [-0.05, 0) is 44.2 Å². The molecular formula is C24H28Cl2N8O2. The summed E-state index contributed by atoms with van der Waals surface area (Å²) >= 11 is 12.9. The Bertz CT molecular complexity index is 1280. The number of anilines is 3. The van der Waals surface area contributed by atoms with Crippen LogP contribution in [0.5, 0.6) is 0 Å². The van der Waals surface area contributed by atoms with E-state index < -0.39 is 0 Å². The Kier molecular flexibility index (Phi) is 8.14. The molecule has 1 aliphatic carbocycles. The van der Waals surface area contributed by atoms with E-state index in [0.29, 0.717) is 47.2 Å². The molecule has 1 aliphatic rings. The zero-order chi connectivity index (χ0) is 25.8. The third-order valence-corrected chi connectivity index (χ3v) is 6.89. The maximum absolute atomic E-state index is 11.6. The maximum atomic E-state index is 11.6. The van der Waals surface area contributed by atoms with Gasteiger partial charge in [0, 0.05) is 18.5 Å². The molecule has 1 amide bonds. The first-order chi connectivity index (χ1) is 17.3. The molecule has 3 atom stereocenters. The smallest absolute Gasteiger partial charge is 0.224 e. The van der Waals surface area contributed by atoms with Crippen molar-refractivity contribution in [3.05, 3.63) is 33.9 Å². The number of amides is 1. The standard InChI is InChI=1S/C24H28Cl2N8O2/c1-2-3-15(5-7-20(28)36)34-22-19(12-29-23(33-22)30-14-4-6-16(35)10-14)31-24(34)32-21-17(25)8-13(11-27)9-18(21)26/h8-9,12,14-16,35H,2-7,10H2,1H3,(H2,28,36)(H,31,32)(H,29,30,33)/t14-,15+,16-/m0/s1. The lowest BCUT2D eigenvalue weighted by atomic mass is 10.1. The van der Waals surface area contributed by atoms with E-state index in [1.54, 1.807) is 6.20 Å². The molecule has 1 fully saturated rings. The fraction of sp³-hybridized carbons (Fsp3) is 0.458. The minimum atomic E-state index is -0.384. The van der Waals surface area contributed by atoms with Crippen molar-refractivity contribution >= 4 is 57.9 Å². The lowest BCUT2D eigenvalue weighted by Crippen LogP contribution is -2.19. The summed E-state index contributed by atoms with van der Waals surface area (Å²) in [6, 6.07) is 5.03. The van der Waals surface area contributed by atoms with E-state index in [1.165, 1.54) is 12.1 Å². The molecule has 0 spiro atoms. The second-order valence-corrected chi connectivity index (χ2v) is 9.83. The molecule has 3 aromatic rings. The first-order valence-corrected chi connectivity index (χ1v) is 12.7. The predicted octanol–water partition coefficient (Wildman–Crippen LogP) is 4.68. The molecular weight excluding hydrogens is 503 g/mol. The fourth-order valence-corrected chi connectivity index (χ4v) is 5.16. The Morgan fingerprint density at radius 1 is 1.31 bits per heavy atom. The molecule has 5 N–H and O–H groups in total. The lowest BCUT2D eigenvalue weighted by Gasteiger charge is -2.22. The third-order valence-electron chi connectivity index (χ3n) is 6.29. The number of nitrogens with one attached hydrogen (secondary N) is 2. The summed E-state index contributed by atoms with van der Waals surface area (Å²) < 4.78 is 1.93. The van der Waals surface area contributed by atoms with Gasteiger partial charge < -0.3 is 21.5 Å². The summed E-state index contributed by atoms with van der Waals surface area (Å²) in [6.45, 7) is 2.06. The van der Waals surface area contributed by atoms with Gasteiger partial charge in [0.25, 0.3) is 0 Å². The van der Waals surface area contributed by atoms with Gasteiger partial charge in [-0.25, -0.2) is 9.97 Å². The molecule has 0 aliphatic heterocycles. The largest absolute Gasteiger partial charge is 0.393 e. The summed E-state index contributed by atoms with van der Waals surface area (Å²) in [5.74, 6) is 0.489. The van der Waals surface area contributed by atoms with Crippen molar-refractivity contribution in [2.45, 2.75) is 70.1 Å². The van der Waals surface area contributed by atoms with E-state index in [1.807, 2.05) is 10.6 Å². The summed E-state index contributed by atoms with van der Waals surface area (Å²) in [5.41, 5.74) is 7.34. The van der Waals surface area contributed by atoms with E-state index in [-0.39, 0.29) is 40.6 Å². The number of rotatable bonds is 10. The van der Waals surface area contributed by atoms with Gasteiger partial charge in [-0.2, -0.15) is 10.2 Å². The highest BCUT2D eigenvalue weighted by molar-refractivity contribution is 6.39. The number of halogens is 2. The topological polar surface area (TPSA) is 155 Å². The van der Waals surface area contributed by atoms with Crippen LogP contribution < -0.4 is 16.4 Å². The Hall–Kier alpha value is -3.13. The molecule has 0 unspecified atom stereocenters. The Morgan fingerprint density at radius 2 is 2.06 bits per heavy atom. The minimum Gasteiger partial charge on any atom is -0.393 e. The molecule has 4 rings (SSSR count). The summed E-state index contributed by atoms with van der Waals surface area (Å²) in [5, 5.41) is 26.2. The molecule has 12 heteroatoms. The van der Waals surface area contributed by atoms with E-state index in [4.69, 9.17) is 38.9 Å². The number of primary amides is 1. The fourth-order valence-electron chi connectivity index (χ4n) is 4.58. The van der Waals surface area contributed by atoms with Crippen LogP contribution in [-0.2, 0) is 4.79 Å². The van der Waals surface area contributed by atoms with Crippen LogP contribution in [0, 0.1) is 11.3 Å². The van der Waals surface area contributed by atoms with Gasteiger partial charge >= 0.3 is 0 Å². The highest BCUT2D eigenvalue weighted by atomic mass is 35.5. The van der Waals surface area contributed by atoms with Crippen molar-refractivity contribution in [1.82, 2.24) is 19.5 Å². The zero-order valence-corrected chi connectivity index (χ0v) is 21.4. The second-order valence-electron chi connectivity index (χ2n) is 9.02. The molecule has 190 valence electrons. The molecule has 2 heterocycles. The number of benzene rings is 1. The van der Waals surface area contributed by atoms with Crippen molar-refractivity contribution in [3.63, 3.8) is 0 Å². The zero-order valence-electron chi connectivity index (χ0n) is 19.8. The molecule has 0 bridgehead atoms. The molecule has 36 heavy (non-hydrogen) atoms. The highest BCUT2D eigenvalue weighted by Gasteiger charge is 2.25. The van der Waals surface area contributed by atoms with E-state index in [0.717, 1.165) is 25.7 Å². The number of carbonyl (C=O) groups excluding carboxylic acids is 1. The Labute approximate surface area is 218 Å². The van der Waals surface area contributed by atoms with E-state index in [2.05, 4.69) is 22.5 Å². The van der Waals surface area contributed by atoms with Crippen LogP contribution in [0.4, 0.5) is 17.6 Å². The SMILES string of the molecule is CCC[C@H](CCC(N)=O)n1c(Nc2c(Cl)cc(C#N)cc2Cl)nc2cnc(N[C@H]3CC[C@H](O)C3)nc21. The number of nitrogens with two attached hydrogens (primary N) is 1. The number of aromatic nitrogens is 4. The molecule has 10 nitrogen and oxygen atoms in total. The molecule has 0 saturated heterocycles. The quantitative estimate of drug-likeness (QED) is 0.294. The average Bonchev–Trinajstić information content (AvgIpc) is 3.41. The molecule has 1 aromatic carbocycles. The Balaban J connectivity index is 1.78. The van der Waals surface area contributed by atoms with Gasteiger partial charge in [0.2, 0.25) is 17.8 Å². The number of hydrogen-bond acceptors (Lipinski definition) is 8. The maximum Gasteiger partial charge on any atom is 0.224 e. The van der Waals surface area contributed by atoms with E-state index >= 15 is 0 Å². The van der Waals surface area contributed by atoms with Crippen LogP contribution in [0.2, 0.25) is 10.0 Å². The van der Waals surface area contributed by atoms with Crippen molar-refractivity contribution in [2.24, 2.45) is 5.73 Å². The van der Waals surface area contributed by atoms with Crippen molar-refractivity contribution in [3.8, 4) is 6.07 Å². The van der Waals surface area contributed by atoms with Gasteiger partial charge in [0.15, 0.2) is 5.65 Å². The lowest BCUT2D eigenvalue weighted by molar-refractivity contribution is -0.118. The highest BCUT2D eigenvalue weighted by Crippen LogP contribution is 2.37. The number of fused-ring (bicyclic) bond motifs is 1. The summed E-state index contributed by atoms with van der Waals surface area (Å²) in [4.78, 5) is 25.5. The van der Waals surface area contributed by atoms with E-state index in [9.17, 15) is 15.2 Å². The van der Waals surface area contributed by atoms with Crippen molar-refractivity contribution in [2.75, 3.05) is 10.6 Å². The van der Waals surface area contributed by atoms with Crippen LogP contribution >= 0.6 is 23.2 Å². The number of nitrogens with zero attached hydrogens (tertiary/aromatic N) is 5. The van der Waals surface area contributed by atoms with Crippen LogP contribution in [0.1, 0.15) is 63.5 Å². The van der Waals surface area contributed by atoms with Crippen LogP contribution in [0.3, 0.4) is 0 Å². The normalized spacial score (nSPS) is 18.2. The minimum absolute atomic E-state index is 0.0870. The van der Waals surface area contributed by atoms with Crippen molar-refractivity contribution in [1.29, 1.82) is 5.26 Å². The number of aliphatic hydroxyl groups excluding tert-OH is 1. The summed E-state index contributed by atoms with van der Waals surface area (Å²) in [6.07, 6.45) is 5.85. The van der Waals surface area contributed by atoms with Crippen LogP contribution in [0.15, 0.2) is 18.3 Å². The van der Waals surface area contributed by atoms with Gasteiger partial charge in [0.1, 0.15) is 5.52 Å². The second kappa shape index (κ2) is 11.3. The number of hydrogen-bond donors (Lipinski definition) is 4. The number of nitriles is 1. The summed E-state index contributed by atoms with van der Waals surface area (Å²) in [7, 11) is 0. The monoisotopic (exact) mass is 530 g/mol. The first kappa shape index (κ1) is 25.9. The van der Waals surface area contributed by atoms with Gasteiger partial charge in [-0.15, -0.1) is 0 Å². The first-order valence-electron chi connectivity index (χ1n) is 11.9. The molecule has 2 aromatic heterocycles. The number of carbonyl (C=O) groups is 1. The third kappa shape index (κ3) is 5.81. The van der Waals surface area contributed by atoms with Crippen LogP contribution in [-0.4, -0.2) is 42.7 Å². The molecule has 0 radical (unpaired) electrons. The number of imidazole rings is 1. The van der Waals surface area contributed by atoms with Gasteiger partial charge in [0.05, 0.1) is 39.7 Å². The van der Waals surface area contributed by atoms with Crippen molar-refractivity contribution < 1.29 is 9.90 Å².